The summed E-state index contributed by atoms with van der Waals surface area (Å²) in [7, 11) is 1.39. The number of fused-ring (bicyclic) bond motifs is 1. The summed E-state index contributed by atoms with van der Waals surface area (Å²) in [5, 5.41) is 1.14. The van der Waals surface area contributed by atoms with Crippen molar-refractivity contribution in [3.8, 4) is 0 Å². The average Bonchev–Trinajstić information content (AvgIpc) is 2.70. The summed E-state index contributed by atoms with van der Waals surface area (Å²) in [4.78, 5) is 11.0. The zero-order valence-electron chi connectivity index (χ0n) is 9.19. The van der Waals surface area contributed by atoms with Gasteiger partial charge in [-0.15, -0.1) is 0 Å². The third kappa shape index (κ3) is 2.72. The maximum atomic E-state index is 11.3. The lowest BCUT2D eigenvalue weighted by Crippen LogP contribution is -2.21. The molecule has 1 atom stereocenters. The summed E-state index contributed by atoms with van der Waals surface area (Å²) in [6.07, 6.45) is 1.97. The lowest BCUT2D eigenvalue weighted by atomic mass is 10.2. The third-order valence-electron chi connectivity index (χ3n) is 2.55. The van der Waals surface area contributed by atoms with Crippen molar-refractivity contribution in [2.45, 2.75) is 11.4 Å². The minimum Gasteiger partial charge on any atom is -0.468 e. The molecule has 1 heterocycles. The first kappa shape index (κ1) is 12.6. The molecule has 17 heavy (non-hydrogen) atoms. The largest absolute Gasteiger partial charge is 0.468 e. The molecule has 0 saturated heterocycles. The molecule has 3 nitrogen and oxygen atoms in total. The van der Waals surface area contributed by atoms with E-state index in [9.17, 15) is 4.79 Å². The number of hydrogen-bond acceptors (Lipinski definition) is 2. The van der Waals surface area contributed by atoms with Gasteiger partial charge in [0.05, 0.1) is 7.11 Å². The number of halogens is 2. The number of hydrogen-bond donors (Lipinski definition) is 0. The molecular weight excluding hydrogens is 350 g/mol. The molecule has 0 aliphatic rings. The predicted octanol–water partition coefficient (Wildman–Crippen LogP) is 3.34. The number of ether oxygens (including phenoxy) is 1. The van der Waals surface area contributed by atoms with Crippen LogP contribution < -0.4 is 0 Å². The van der Waals surface area contributed by atoms with E-state index in [2.05, 4.69) is 36.6 Å². The first-order chi connectivity index (χ1) is 8.11. The van der Waals surface area contributed by atoms with Crippen LogP contribution in [0.1, 0.15) is 0 Å². The van der Waals surface area contributed by atoms with Gasteiger partial charge in [0.25, 0.3) is 0 Å². The van der Waals surface area contributed by atoms with Gasteiger partial charge in [0.1, 0.15) is 4.83 Å². The maximum absolute atomic E-state index is 11.3. The summed E-state index contributed by atoms with van der Waals surface area (Å²) in [6, 6.07) is 8.08. The molecule has 5 heteroatoms. The minimum absolute atomic E-state index is 0.260. The Hall–Kier alpha value is -0.810. The quantitative estimate of drug-likeness (QED) is 0.621. The molecular formula is C12H11Br2NO2. The average molecular weight is 361 g/mol. The van der Waals surface area contributed by atoms with E-state index in [0.717, 1.165) is 15.4 Å². The monoisotopic (exact) mass is 359 g/mol. The summed E-state index contributed by atoms with van der Waals surface area (Å²) >= 11 is 6.75. The van der Waals surface area contributed by atoms with Crippen molar-refractivity contribution in [3.05, 3.63) is 34.9 Å². The Kier molecular flexibility index (Phi) is 3.89. The smallest absolute Gasteiger partial charge is 0.321 e. The van der Waals surface area contributed by atoms with Crippen LogP contribution in [0.5, 0.6) is 0 Å². The fraction of sp³-hybridized carbons (Fsp3) is 0.250. The Balaban J connectivity index is 2.28. The third-order valence-corrected chi connectivity index (χ3v) is 3.70. The summed E-state index contributed by atoms with van der Waals surface area (Å²) < 4.78 is 7.76. The molecule has 1 unspecified atom stereocenters. The van der Waals surface area contributed by atoms with Gasteiger partial charge in [0.15, 0.2) is 0 Å². The molecule has 0 radical (unpaired) electrons. The van der Waals surface area contributed by atoms with Crippen molar-refractivity contribution in [2.75, 3.05) is 7.11 Å². The van der Waals surface area contributed by atoms with E-state index in [0.29, 0.717) is 6.54 Å². The van der Waals surface area contributed by atoms with Gasteiger partial charge in [0.2, 0.25) is 0 Å². The second-order valence-corrected chi connectivity index (χ2v) is 5.68. The first-order valence-corrected chi connectivity index (χ1v) is 6.79. The van der Waals surface area contributed by atoms with E-state index in [4.69, 9.17) is 0 Å². The van der Waals surface area contributed by atoms with E-state index in [1.165, 1.54) is 7.11 Å². The van der Waals surface area contributed by atoms with Gasteiger partial charge in [-0.2, -0.15) is 0 Å². The van der Waals surface area contributed by atoms with Gasteiger partial charge in [-0.25, -0.2) is 0 Å². The highest BCUT2D eigenvalue weighted by molar-refractivity contribution is 9.10. The number of carbonyl (C=O) groups excluding carboxylic acids is 1. The van der Waals surface area contributed by atoms with E-state index < -0.39 is 0 Å². The molecule has 2 aromatic rings. The Morgan fingerprint density at radius 2 is 2.24 bits per heavy atom. The highest BCUT2D eigenvalue weighted by atomic mass is 79.9. The van der Waals surface area contributed by atoms with Gasteiger partial charge < -0.3 is 9.30 Å². The first-order valence-electron chi connectivity index (χ1n) is 5.08. The molecule has 0 saturated carbocycles. The van der Waals surface area contributed by atoms with Crippen molar-refractivity contribution in [3.63, 3.8) is 0 Å². The van der Waals surface area contributed by atoms with Gasteiger partial charge in [-0.3, -0.25) is 4.79 Å². The lowest BCUT2D eigenvalue weighted by Gasteiger charge is -2.10. The molecule has 1 aromatic heterocycles. The second kappa shape index (κ2) is 5.23. The fourth-order valence-corrected chi connectivity index (χ4v) is 2.58. The highest BCUT2D eigenvalue weighted by Crippen LogP contribution is 2.22. The van der Waals surface area contributed by atoms with E-state index in [1.807, 2.05) is 35.0 Å². The molecule has 2 rings (SSSR count). The molecule has 0 aliphatic heterocycles. The summed E-state index contributed by atoms with van der Waals surface area (Å²) in [5.74, 6) is -0.260. The molecule has 0 fully saturated rings. The van der Waals surface area contributed by atoms with Crippen LogP contribution in [0, 0.1) is 0 Å². The minimum atomic E-state index is -0.327. The van der Waals surface area contributed by atoms with Crippen LogP contribution in [-0.4, -0.2) is 22.5 Å². The number of aromatic nitrogens is 1. The number of rotatable bonds is 3. The number of carbonyl (C=O) groups is 1. The van der Waals surface area contributed by atoms with Gasteiger partial charge in [0, 0.05) is 28.1 Å². The Morgan fingerprint density at radius 3 is 2.94 bits per heavy atom. The van der Waals surface area contributed by atoms with E-state index in [1.54, 1.807) is 0 Å². The molecule has 1 aromatic carbocycles. The highest BCUT2D eigenvalue weighted by Gasteiger charge is 2.16. The summed E-state index contributed by atoms with van der Waals surface area (Å²) in [6.45, 7) is 0.553. The Bertz CT molecular complexity index is 550. The van der Waals surface area contributed by atoms with E-state index >= 15 is 0 Å². The number of benzene rings is 1. The Labute approximate surface area is 116 Å². The second-order valence-electron chi connectivity index (χ2n) is 3.66. The molecule has 0 N–H and O–H groups in total. The van der Waals surface area contributed by atoms with Crippen LogP contribution in [-0.2, 0) is 16.1 Å². The van der Waals surface area contributed by atoms with Gasteiger partial charge >= 0.3 is 5.97 Å². The van der Waals surface area contributed by atoms with Crippen LogP contribution in [0.4, 0.5) is 0 Å². The summed E-state index contributed by atoms with van der Waals surface area (Å²) in [5.41, 5.74) is 1.10. The predicted molar refractivity (Wildman–Crippen MR) is 74.4 cm³/mol. The van der Waals surface area contributed by atoms with Crippen molar-refractivity contribution >= 4 is 48.7 Å². The topological polar surface area (TPSA) is 31.2 Å². The van der Waals surface area contributed by atoms with Crippen molar-refractivity contribution in [1.29, 1.82) is 0 Å². The molecule has 0 spiro atoms. The number of alkyl halides is 1. The van der Waals surface area contributed by atoms with Crippen LogP contribution >= 0.6 is 31.9 Å². The number of nitrogens with zero attached hydrogens (tertiary/aromatic N) is 1. The van der Waals surface area contributed by atoms with Crippen LogP contribution in [0.15, 0.2) is 34.9 Å². The SMILES string of the molecule is COC(=O)C(Br)Cn1ccc2cc(Br)ccc21. The zero-order valence-corrected chi connectivity index (χ0v) is 12.4. The van der Waals surface area contributed by atoms with Gasteiger partial charge in [-0.1, -0.05) is 31.9 Å². The van der Waals surface area contributed by atoms with Crippen LogP contribution in [0.2, 0.25) is 0 Å². The number of methoxy groups -OCH3 is 1. The molecule has 0 amide bonds. The van der Waals surface area contributed by atoms with E-state index in [-0.39, 0.29) is 10.8 Å². The molecule has 90 valence electrons. The van der Waals surface area contributed by atoms with Crippen LogP contribution in [0.3, 0.4) is 0 Å². The normalized spacial score (nSPS) is 12.6. The maximum Gasteiger partial charge on any atom is 0.321 e. The van der Waals surface area contributed by atoms with Crippen molar-refractivity contribution in [2.24, 2.45) is 0 Å². The fourth-order valence-electron chi connectivity index (χ4n) is 1.71. The van der Waals surface area contributed by atoms with Crippen molar-refractivity contribution in [1.82, 2.24) is 4.57 Å². The number of esters is 1. The lowest BCUT2D eigenvalue weighted by molar-refractivity contribution is -0.140. The van der Waals surface area contributed by atoms with Crippen LogP contribution in [0.25, 0.3) is 10.9 Å². The standard InChI is InChI=1S/C12H11Br2NO2/c1-17-12(16)10(14)7-15-5-4-8-6-9(13)2-3-11(8)15/h2-6,10H,7H2,1H3. The molecule has 0 aliphatic carbocycles. The van der Waals surface area contributed by atoms with Crippen molar-refractivity contribution < 1.29 is 9.53 Å². The zero-order chi connectivity index (χ0) is 12.4. The molecule has 0 bridgehead atoms. The Morgan fingerprint density at radius 1 is 1.47 bits per heavy atom. The van der Waals surface area contributed by atoms with Gasteiger partial charge in [-0.05, 0) is 24.3 Å².